The maximum atomic E-state index is 12.9. The van der Waals surface area contributed by atoms with Crippen molar-refractivity contribution in [2.45, 2.75) is 31.9 Å². The van der Waals surface area contributed by atoms with Crippen LogP contribution in [0.1, 0.15) is 30.5 Å². The van der Waals surface area contributed by atoms with Crippen molar-refractivity contribution >= 4 is 15.8 Å². The van der Waals surface area contributed by atoms with Crippen molar-refractivity contribution < 1.29 is 8.42 Å². The van der Waals surface area contributed by atoms with E-state index in [0.29, 0.717) is 13.1 Å². The van der Waals surface area contributed by atoms with Gasteiger partial charge in [0.1, 0.15) is 0 Å². The third-order valence-electron chi connectivity index (χ3n) is 5.76. The number of benzene rings is 1. The molecule has 4 rings (SSSR count). The molecule has 6 nitrogen and oxygen atoms in total. The normalized spacial score (nSPS) is 23.8. The Morgan fingerprint density at radius 3 is 2.56 bits per heavy atom. The molecule has 1 aromatic heterocycles. The van der Waals surface area contributed by atoms with E-state index >= 15 is 0 Å². The molecular weight excluding hydrogens is 360 g/mol. The van der Waals surface area contributed by atoms with Crippen LogP contribution >= 0.6 is 0 Å². The summed E-state index contributed by atoms with van der Waals surface area (Å²) in [5.74, 6) is 0.974. The monoisotopic (exact) mass is 386 g/mol. The lowest BCUT2D eigenvalue weighted by molar-refractivity contribution is 0.246. The van der Waals surface area contributed by atoms with Crippen LogP contribution in [0, 0.1) is 12.3 Å². The minimum absolute atomic E-state index is 0.0224. The molecule has 0 amide bonds. The van der Waals surface area contributed by atoms with E-state index in [2.05, 4.69) is 15.1 Å². The van der Waals surface area contributed by atoms with E-state index in [4.69, 9.17) is 0 Å². The van der Waals surface area contributed by atoms with Crippen molar-refractivity contribution in [1.82, 2.24) is 14.5 Å². The van der Waals surface area contributed by atoms with Gasteiger partial charge in [0.25, 0.3) is 0 Å². The number of piperidine rings is 1. The molecule has 3 heterocycles. The second-order valence-corrected chi connectivity index (χ2v) is 9.85. The van der Waals surface area contributed by atoms with Gasteiger partial charge in [0.05, 0.1) is 11.4 Å². The van der Waals surface area contributed by atoms with Crippen molar-refractivity contribution in [1.29, 1.82) is 0 Å². The zero-order valence-corrected chi connectivity index (χ0v) is 16.5. The number of aromatic nitrogens is 2. The summed E-state index contributed by atoms with van der Waals surface area (Å²) >= 11 is 0. The van der Waals surface area contributed by atoms with Gasteiger partial charge >= 0.3 is 0 Å². The van der Waals surface area contributed by atoms with Gasteiger partial charge in [0.15, 0.2) is 5.82 Å². The van der Waals surface area contributed by atoms with Crippen molar-refractivity contribution in [2.75, 3.05) is 31.1 Å². The fourth-order valence-electron chi connectivity index (χ4n) is 4.30. The average Bonchev–Trinajstić information content (AvgIpc) is 3.07. The van der Waals surface area contributed by atoms with E-state index in [1.807, 2.05) is 49.4 Å². The molecule has 2 aromatic rings. The predicted molar refractivity (Wildman–Crippen MR) is 106 cm³/mol. The van der Waals surface area contributed by atoms with Crippen molar-refractivity contribution in [3.63, 3.8) is 0 Å². The van der Waals surface area contributed by atoms with E-state index in [9.17, 15) is 8.42 Å². The van der Waals surface area contributed by atoms with Gasteiger partial charge in [0, 0.05) is 31.6 Å². The lowest BCUT2D eigenvalue weighted by Crippen LogP contribution is -2.45. The standard InChI is InChI=1S/C20H26N4O2S/c1-17-8-9-19(22-21-17)23-12-5-10-20(15-23)11-13-24(16-20)27(25,26)14-18-6-3-2-4-7-18/h2-4,6-9H,5,10-16H2,1H3. The maximum Gasteiger partial charge on any atom is 0.218 e. The van der Waals surface area contributed by atoms with Crippen LogP contribution < -0.4 is 4.90 Å². The van der Waals surface area contributed by atoms with E-state index in [0.717, 1.165) is 49.4 Å². The summed E-state index contributed by atoms with van der Waals surface area (Å²) in [5.41, 5.74) is 1.78. The highest BCUT2D eigenvalue weighted by molar-refractivity contribution is 7.88. The summed E-state index contributed by atoms with van der Waals surface area (Å²) in [4.78, 5) is 2.27. The van der Waals surface area contributed by atoms with Crippen LogP contribution in [0.15, 0.2) is 42.5 Å². The highest BCUT2D eigenvalue weighted by Crippen LogP contribution is 2.41. The fourth-order valence-corrected chi connectivity index (χ4v) is 5.94. The molecule has 0 saturated carbocycles. The molecule has 2 fully saturated rings. The number of hydrogen-bond acceptors (Lipinski definition) is 5. The van der Waals surface area contributed by atoms with Gasteiger partial charge < -0.3 is 4.90 Å². The molecule has 27 heavy (non-hydrogen) atoms. The van der Waals surface area contributed by atoms with Crippen LogP contribution in [-0.4, -0.2) is 49.1 Å². The number of anilines is 1. The first-order valence-corrected chi connectivity index (χ1v) is 11.1. The van der Waals surface area contributed by atoms with Gasteiger partial charge in [-0.3, -0.25) is 0 Å². The lowest BCUT2D eigenvalue weighted by Gasteiger charge is -2.40. The minimum atomic E-state index is -3.29. The summed E-state index contributed by atoms with van der Waals surface area (Å²) in [5, 5.41) is 8.50. The summed E-state index contributed by atoms with van der Waals surface area (Å²) in [6.45, 7) is 4.96. The number of sulfonamides is 1. The van der Waals surface area contributed by atoms with Crippen LogP contribution in [0.25, 0.3) is 0 Å². The van der Waals surface area contributed by atoms with Crippen LogP contribution in [0.4, 0.5) is 5.82 Å². The van der Waals surface area contributed by atoms with Gasteiger partial charge in [-0.1, -0.05) is 30.3 Å². The van der Waals surface area contributed by atoms with Gasteiger partial charge in [0.2, 0.25) is 10.0 Å². The minimum Gasteiger partial charge on any atom is -0.355 e. The molecular formula is C20H26N4O2S. The van der Waals surface area contributed by atoms with E-state index < -0.39 is 10.0 Å². The van der Waals surface area contributed by atoms with Crippen molar-refractivity contribution in [2.24, 2.45) is 5.41 Å². The second kappa shape index (κ2) is 7.20. The van der Waals surface area contributed by atoms with Gasteiger partial charge in [-0.05, 0) is 43.9 Å². The Hall–Kier alpha value is -1.99. The molecule has 1 unspecified atom stereocenters. The lowest BCUT2D eigenvalue weighted by atomic mass is 9.79. The molecule has 0 N–H and O–H groups in total. The average molecular weight is 387 g/mol. The summed E-state index contributed by atoms with van der Waals surface area (Å²) in [7, 11) is -3.29. The first kappa shape index (κ1) is 18.4. The SMILES string of the molecule is Cc1ccc(N2CCCC3(CCN(S(=O)(=O)Cc4ccccc4)C3)C2)nn1. The van der Waals surface area contributed by atoms with Crippen LogP contribution in [0.5, 0.6) is 0 Å². The topological polar surface area (TPSA) is 66.4 Å². The molecule has 0 aliphatic carbocycles. The summed E-state index contributed by atoms with van der Waals surface area (Å²) in [6.07, 6.45) is 3.04. The molecule has 2 aliphatic heterocycles. The molecule has 0 bridgehead atoms. The molecule has 144 valence electrons. The highest BCUT2D eigenvalue weighted by Gasteiger charge is 2.45. The van der Waals surface area contributed by atoms with Gasteiger partial charge in [-0.2, -0.15) is 5.10 Å². The van der Waals surface area contributed by atoms with Crippen LogP contribution in [0.3, 0.4) is 0 Å². The Bertz CT molecular complexity index is 886. The van der Waals surface area contributed by atoms with E-state index in [1.165, 1.54) is 0 Å². The Balaban J connectivity index is 1.46. The Kier molecular flexibility index (Phi) is 4.90. The largest absolute Gasteiger partial charge is 0.355 e. The first-order chi connectivity index (χ1) is 13.0. The Morgan fingerprint density at radius 1 is 1.00 bits per heavy atom. The zero-order valence-electron chi connectivity index (χ0n) is 15.7. The summed E-state index contributed by atoms with van der Waals surface area (Å²) in [6, 6.07) is 13.4. The summed E-state index contributed by atoms with van der Waals surface area (Å²) < 4.78 is 27.5. The predicted octanol–water partition coefficient (Wildman–Crippen LogP) is 2.61. The van der Waals surface area contributed by atoms with E-state index in [1.54, 1.807) is 4.31 Å². The third-order valence-corrected chi connectivity index (χ3v) is 7.55. The molecule has 2 saturated heterocycles. The van der Waals surface area contributed by atoms with Crippen LogP contribution in [0.2, 0.25) is 0 Å². The van der Waals surface area contributed by atoms with E-state index in [-0.39, 0.29) is 11.2 Å². The molecule has 0 radical (unpaired) electrons. The zero-order chi connectivity index (χ0) is 18.9. The number of rotatable bonds is 4. The molecule has 1 spiro atoms. The Morgan fingerprint density at radius 2 is 1.81 bits per heavy atom. The smallest absolute Gasteiger partial charge is 0.218 e. The van der Waals surface area contributed by atoms with Crippen LogP contribution in [-0.2, 0) is 15.8 Å². The maximum absolute atomic E-state index is 12.9. The highest BCUT2D eigenvalue weighted by atomic mass is 32.2. The van der Waals surface area contributed by atoms with Crippen molar-refractivity contribution in [3.05, 3.63) is 53.7 Å². The number of hydrogen-bond donors (Lipinski definition) is 0. The molecule has 7 heteroatoms. The molecule has 1 aromatic carbocycles. The first-order valence-electron chi connectivity index (χ1n) is 9.53. The number of nitrogens with zero attached hydrogens (tertiary/aromatic N) is 4. The van der Waals surface area contributed by atoms with Crippen molar-refractivity contribution in [3.8, 4) is 0 Å². The molecule has 2 aliphatic rings. The third kappa shape index (κ3) is 3.99. The van der Waals surface area contributed by atoms with Gasteiger partial charge in [-0.25, -0.2) is 12.7 Å². The Labute approximate surface area is 161 Å². The fraction of sp³-hybridized carbons (Fsp3) is 0.500. The van der Waals surface area contributed by atoms with Gasteiger partial charge in [-0.15, -0.1) is 5.10 Å². The quantitative estimate of drug-likeness (QED) is 0.808. The number of aryl methyl sites for hydroxylation is 1. The second-order valence-electron chi connectivity index (χ2n) is 7.88. The molecule has 1 atom stereocenters.